The first kappa shape index (κ1) is 11.2. The van der Waals surface area contributed by atoms with Crippen LogP contribution in [-0.2, 0) is 0 Å². The number of nitrogens with zero attached hydrogens (tertiary/aromatic N) is 3. The van der Waals surface area contributed by atoms with Gasteiger partial charge in [0, 0.05) is 0 Å². The second-order valence-corrected chi connectivity index (χ2v) is 3.62. The molecule has 0 saturated heterocycles. The molecule has 0 aliphatic carbocycles. The number of rotatable bonds is 2. The van der Waals surface area contributed by atoms with Crippen LogP contribution in [0, 0.1) is 13.8 Å². The number of aromatic nitrogens is 2. The Morgan fingerprint density at radius 1 is 1.12 bits per heavy atom. The molecule has 2 aromatic rings. The quantitative estimate of drug-likeness (QED) is 0.803. The standard InChI is InChI=1S/C12H12N4O/c1-8-11(12(17)14-9(2)13-8)16-15-10-6-4-3-5-7-10/h3-7H,1-2H3,(H,13,14,17). The minimum atomic E-state index is -0.269. The van der Waals surface area contributed by atoms with E-state index in [1.807, 2.05) is 30.3 Å². The minimum absolute atomic E-state index is 0.249. The number of benzene rings is 1. The Kier molecular flexibility index (Phi) is 3.09. The molecule has 2 rings (SSSR count). The molecule has 86 valence electrons. The highest BCUT2D eigenvalue weighted by molar-refractivity contribution is 5.40. The Balaban J connectivity index is 2.37. The van der Waals surface area contributed by atoms with Gasteiger partial charge in [-0.2, -0.15) is 5.11 Å². The maximum Gasteiger partial charge on any atom is 0.278 e. The molecule has 0 aliphatic rings. The minimum Gasteiger partial charge on any atom is -0.309 e. The predicted octanol–water partition coefficient (Wildman–Crippen LogP) is 2.80. The summed E-state index contributed by atoms with van der Waals surface area (Å²) in [5.41, 5.74) is 1.26. The van der Waals surface area contributed by atoms with Crippen LogP contribution in [0.1, 0.15) is 11.5 Å². The third-order valence-electron chi connectivity index (χ3n) is 2.21. The Bertz CT molecular complexity index is 602. The fourth-order valence-corrected chi connectivity index (χ4v) is 1.44. The van der Waals surface area contributed by atoms with E-state index in [1.165, 1.54) is 0 Å². The molecular formula is C12H12N4O. The zero-order chi connectivity index (χ0) is 12.3. The van der Waals surface area contributed by atoms with Crippen molar-refractivity contribution in [1.82, 2.24) is 9.97 Å². The molecule has 0 spiro atoms. The van der Waals surface area contributed by atoms with E-state index in [0.717, 1.165) is 0 Å². The number of hydrogen-bond donors (Lipinski definition) is 1. The first-order valence-electron chi connectivity index (χ1n) is 5.21. The van der Waals surface area contributed by atoms with Crippen LogP contribution in [0.3, 0.4) is 0 Å². The molecule has 0 unspecified atom stereocenters. The molecule has 5 heteroatoms. The molecule has 0 fully saturated rings. The third-order valence-corrected chi connectivity index (χ3v) is 2.21. The summed E-state index contributed by atoms with van der Waals surface area (Å²) in [4.78, 5) is 18.4. The van der Waals surface area contributed by atoms with E-state index < -0.39 is 0 Å². The summed E-state index contributed by atoms with van der Waals surface area (Å²) >= 11 is 0. The number of hydrogen-bond acceptors (Lipinski definition) is 4. The Morgan fingerprint density at radius 3 is 2.47 bits per heavy atom. The molecule has 0 radical (unpaired) electrons. The summed E-state index contributed by atoms with van der Waals surface area (Å²) in [6.45, 7) is 3.47. The van der Waals surface area contributed by atoms with Crippen LogP contribution in [0.5, 0.6) is 0 Å². The van der Waals surface area contributed by atoms with Crippen LogP contribution in [-0.4, -0.2) is 9.97 Å². The topological polar surface area (TPSA) is 70.5 Å². The smallest absolute Gasteiger partial charge is 0.278 e. The van der Waals surface area contributed by atoms with Gasteiger partial charge in [0.2, 0.25) is 0 Å². The van der Waals surface area contributed by atoms with Gasteiger partial charge in [-0.15, -0.1) is 5.11 Å². The van der Waals surface area contributed by atoms with Gasteiger partial charge in [-0.05, 0) is 26.0 Å². The average Bonchev–Trinajstić information content (AvgIpc) is 2.29. The number of nitrogens with one attached hydrogen (secondary N) is 1. The maximum atomic E-state index is 11.6. The van der Waals surface area contributed by atoms with Crippen LogP contribution in [0.4, 0.5) is 11.4 Å². The second kappa shape index (κ2) is 4.69. The molecule has 0 aliphatic heterocycles. The van der Waals surface area contributed by atoms with E-state index in [-0.39, 0.29) is 11.2 Å². The largest absolute Gasteiger partial charge is 0.309 e. The van der Waals surface area contributed by atoms with Gasteiger partial charge in [-0.1, -0.05) is 18.2 Å². The van der Waals surface area contributed by atoms with Crippen molar-refractivity contribution in [3.05, 3.63) is 52.2 Å². The molecule has 1 heterocycles. The lowest BCUT2D eigenvalue weighted by Crippen LogP contribution is -2.10. The van der Waals surface area contributed by atoms with E-state index in [9.17, 15) is 4.79 Å². The summed E-state index contributed by atoms with van der Waals surface area (Å²) in [7, 11) is 0. The summed E-state index contributed by atoms with van der Waals surface area (Å²) in [5.74, 6) is 0.575. The van der Waals surface area contributed by atoms with Crippen molar-refractivity contribution in [1.29, 1.82) is 0 Å². The van der Waals surface area contributed by atoms with Gasteiger partial charge in [0.25, 0.3) is 5.56 Å². The van der Waals surface area contributed by atoms with Crippen molar-refractivity contribution < 1.29 is 0 Å². The molecule has 0 saturated carbocycles. The zero-order valence-corrected chi connectivity index (χ0v) is 9.64. The van der Waals surface area contributed by atoms with Crippen molar-refractivity contribution in [3.63, 3.8) is 0 Å². The summed E-state index contributed by atoms with van der Waals surface area (Å²) in [6, 6.07) is 9.24. The molecule has 1 N–H and O–H groups in total. The lowest BCUT2D eigenvalue weighted by atomic mass is 10.3. The normalized spacial score (nSPS) is 10.9. The highest BCUT2D eigenvalue weighted by Crippen LogP contribution is 2.16. The van der Waals surface area contributed by atoms with Gasteiger partial charge in [-0.25, -0.2) is 4.98 Å². The van der Waals surface area contributed by atoms with Gasteiger partial charge < -0.3 is 4.98 Å². The number of aryl methyl sites for hydroxylation is 2. The van der Waals surface area contributed by atoms with Gasteiger partial charge in [-0.3, -0.25) is 4.79 Å². The molecule has 1 aromatic heterocycles. The number of azo groups is 1. The van der Waals surface area contributed by atoms with Gasteiger partial charge >= 0.3 is 0 Å². The van der Waals surface area contributed by atoms with E-state index in [2.05, 4.69) is 20.2 Å². The van der Waals surface area contributed by atoms with Crippen LogP contribution < -0.4 is 5.56 Å². The summed E-state index contributed by atoms with van der Waals surface area (Å²) in [5, 5.41) is 7.93. The second-order valence-electron chi connectivity index (χ2n) is 3.62. The number of aromatic amines is 1. The van der Waals surface area contributed by atoms with Crippen molar-refractivity contribution >= 4 is 11.4 Å². The highest BCUT2D eigenvalue weighted by atomic mass is 16.1. The van der Waals surface area contributed by atoms with Crippen LogP contribution >= 0.6 is 0 Å². The first-order valence-corrected chi connectivity index (χ1v) is 5.21. The lowest BCUT2D eigenvalue weighted by Gasteiger charge is -1.98. The van der Waals surface area contributed by atoms with E-state index in [1.54, 1.807) is 13.8 Å². The molecule has 0 bridgehead atoms. The van der Waals surface area contributed by atoms with Crippen LogP contribution in [0.15, 0.2) is 45.4 Å². The molecule has 1 aromatic carbocycles. The molecule has 17 heavy (non-hydrogen) atoms. The number of H-pyrrole nitrogens is 1. The first-order chi connectivity index (χ1) is 8.16. The fourth-order valence-electron chi connectivity index (χ4n) is 1.44. The molecule has 0 atom stereocenters. The zero-order valence-electron chi connectivity index (χ0n) is 9.64. The van der Waals surface area contributed by atoms with E-state index >= 15 is 0 Å². The third kappa shape index (κ3) is 2.63. The van der Waals surface area contributed by atoms with Crippen LogP contribution in [0.25, 0.3) is 0 Å². The van der Waals surface area contributed by atoms with Crippen LogP contribution in [0.2, 0.25) is 0 Å². The summed E-state index contributed by atoms with van der Waals surface area (Å²) in [6.07, 6.45) is 0. The van der Waals surface area contributed by atoms with Gasteiger partial charge in [0.05, 0.1) is 11.4 Å². The Hall–Kier alpha value is -2.30. The average molecular weight is 228 g/mol. The van der Waals surface area contributed by atoms with Gasteiger partial charge in [0.1, 0.15) is 5.82 Å². The maximum absolute atomic E-state index is 11.6. The molecule has 0 amide bonds. The van der Waals surface area contributed by atoms with Crippen molar-refractivity contribution in [3.8, 4) is 0 Å². The SMILES string of the molecule is Cc1nc(C)c(N=Nc2ccccc2)c(=O)[nH]1. The Labute approximate surface area is 98.3 Å². The monoisotopic (exact) mass is 228 g/mol. The molecular weight excluding hydrogens is 216 g/mol. The highest BCUT2D eigenvalue weighted by Gasteiger charge is 2.04. The Morgan fingerprint density at radius 2 is 1.82 bits per heavy atom. The van der Waals surface area contributed by atoms with Crippen molar-refractivity contribution in [2.24, 2.45) is 10.2 Å². The fraction of sp³-hybridized carbons (Fsp3) is 0.167. The van der Waals surface area contributed by atoms with E-state index in [4.69, 9.17) is 0 Å². The summed E-state index contributed by atoms with van der Waals surface area (Å²) < 4.78 is 0. The molecule has 5 nitrogen and oxygen atoms in total. The predicted molar refractivity (Wildman–Crippen MR) is 64.9 cm³/mol. The van der Waals surface area contributed by atoms with E-state index in [0.29, 0.717) is 17.2 Å². The lowest BCUT2D eigenvalue weighted by molar-refractivity contribution is 0.967. The van der Waals surface area contributed by atoms with Crippen molar-refractivity contribution in [2.45, 2.75) is 13.8 Å². The van der Waals surface area contributed by atoms with Gasteiger partial charge in [0.15, 0.2) is 5.69 Å². The van der Waals surface area contributed by atoms with Crippen molar-refractivity contribution in [2.75, 3.05) is 0 Å².